The van der Waals surface area contributed by atoms with Gasteiger partial charge in [-0.25, -0.2) is 0 Å². The van der Waals surface area contributed by atoms with E-state index in [1.807, 2.05) is 36.4 Å². The average molecular weight is 583 g/mol. The van der Waals surface area contributed by atoms with Crippen molar-refractivity contribution in [3.05, 3.63) is 86.2 Å². The quantitative estimate of drug-likeness (QED) is 0.332. The maximum atomic E-state index is 14.0. The van der Waals surface area contributed by atoms with Crippen molar-refractivity contribution >= 4 is 34.8 Å². The van der Waals surface area contributed by atoms with Gasteiger partial charge in [0.2, 0.25) is 0 Å². The molecule has 0 atom stereocenters. The zero-order valence-corrected chi connectivity index (χ0v) is 25.4. The zero-order chi connectivity index (χ0) is 28.8. The van der Waals surface area contributed by atoms with E-state index in [9.17, 15) is 9.59 Å². The Morgan fingerprint density at radius 3 is 2.05 bits per heavy atom. The summed E-state index contributed by atoms with van der Waals surface area (Å²) in [5.74, 6) is 0.185. The maximum absolute atomic E-state index is 14.0. The highest BCUT2D eigenvalue weighted by atomic mass is 35.5. The third kappa shape index (κ3) is 5.61. The van der Waals surface area contributed by atoms with Crippen LogP contribution in [0.15, 0.2) is 65.0 Å². The summed E-state index contributed by atoms with van der Waals surface area (Å²) in [4.78, 5) is 30.3. The van der Waals surface area contributed by atoms with Crippen LogP contribution >= 0.6 is 23.2 Å². The van der Waals surface area contributed by atoms with Gasteiger partial charge in [-0.15, -0.1) is 0 Å². The van der Waals surface area contributed by atoms with E-state index in [2.05, 4.69) is 32.6 Å². The Bertz CT molecular complexity index is 1370. The molecule has 5 nitrogen and oxygen atoms in total. The van der Waals surface area contributed by atoms with Crippen LogP contribution in [0.4, 0.5) is 0 Å². The largest absolute Gasteiger partial charge is 0.489 e. The molecule has 0 bridgehead atoms. The number of ether oxygens (including phenoxy) is 2. The van der Waals surface area contributed by atoms with E-state index >= 15 is 0 Å². The van der Waals surface area contributed by atoms with Crippen LogP contribution in [0.1, 0.15) is 70.4 Å². The first-order valence-corrected chi connectivity index (χ1v) is 14.6. The number of allylic oxidation sites excluding steroid dienone is 4. The summed E-state index contributed by atoms with van der Waals surface area (Å²) in [6.07, 6.45) is 2.30. The van der Waals surface area contributed by atoms with Crippen molar-refractivity contribution in [3.63, 3.8) is 0 Å². The molecule has 0 spiro atoms. The molecule has 0 unspecified atom stereocenters. The molecule has 0 saturated heterocycles. The van der Waals surface area contributed by atoms with Gasteiger partial charge in [-0.05, 0) is 47.9 Å². The van der Waals surface area contributed by atoms with Crippen LogP contribution in [0.2, 0.25) is 10.0 Å². The molecule has 1 heterocycles. The van der Waals surface area contributed by atoms with E-state index in [0.717, 1.165) is 35.4 Å². The summed E-state index contributed by atoms with van der Waals surface area (Å²) in [6.45, 7) is 9.86. The molecular weight excluding hydrogens is 545 g/mol. The molecule has 212 valence electrons. The van der Waals surface area contributed by atoms with E-state index in [0.29, 0.717) is 52.9 Å². The minimum absolute atomic E-state index is 0.0693. The topological polar surface area (TPSA) is 55.8 Å². The van der Waals surface area contributed by atoms with Gasteiger partial charge in [0, 0.05) is 76.1 Å². The third-order valence-electron chi connectivity index (χ3n) is 8.16. The van der Waals surface area contributed by atoms with Crippen LogP contribution in [-0.4, -0.2) is 36.7 Å². The highest BCUT2D eigenvalue weighted by Crippen LogP contribution is 2.55. The number of hydrogen-bond donors (Lipinski definition) is 0. The lowest BCUT2D eigenvalue weighted by atomic mass is 9.63. The molecular formula is C33H37Cl2NO4. The number of methoxy groups -OCH3 is 1. The minimum atomic E-state index is -0.545. The average Bonchev–Trinajstić information content (AvgIpc) is 2.86. The predicted octanol–water partition coefficient (Wildman–Crippen LogP) is 7.90. The van der Waals surface area contributed by atoms with Crippen molar-refractivity contribution in [1.29, 1.82) is 0 Å². The van der Waals surface area contributed by atoms with Gasteiger partial charge < -0.3 is 14.4 Å². The monoisotopic (exact) mass is 581 g/mol. The summed E-state index contributed by atoms with van der Waals surface area (Å²) in [6, 6.07) is 13.0. The lowest BCUT2D eigenvalue weighted by Crippen LogP contribution is -2.45. The van der Waals surface area contributed by atoms with Gasteiger partial charge >= 0.3 is 0 Å². The van der Waals surface area contributed by atoms with Gasteiger partial charge in [0.25, 0.3) is 0 Å². The molecule has 2 aromatic rings. The second-order valence-corrected chi connectivity index (χ2v) is 13.6. The number of benzene rings is 2. The van der Waals surface area contributed by atoms with Crippen molar-refractivity contribution in [2.24, 2.45) is 10.8 Å². The number of rotatable bonds is 7. The predicted molar refractivity (Wildman–Crippen MR) is 159 cm³/mol. The van der Waals surface area contributed by atoms with Gasteiger partial charge in [0.05, 0.1) is 6.61 Å². The molecule has 3 aliphatic rings. The summed E-state index contributed by atoms with van der Waals surface area (Å²) in [7, 11) is 1.68. The lowest BCUT2D eigenvalue weighted by molar-refractivity contribution is -0.119. The van der Waals surface area contributed by atoms with E-state index in [1.165, 1.54) is 0 Å². The van der Waals surface area contributed by atoms with Gasteiger partial charge in [0.1, 0.15) is 12.4 Å². The van der Waals surface area contributed by atoms with Crippen LogP contribution in [0, 0.1) is 10.8 Å². The number of Topliss-reactive ketones (excluding diaryl/α,β-unsaturated/α-hetero) is 2. The summed E-state index contributed by atoms with van der Waals surface area (Å²) in [5.41, 5.74) is 4.55. The van der Waals surface area contributed by atoms with Crippen LogP contribution in [-0.2, 0) is 20.9 Å². The molecule has 0 fully saturated rings. The fourth-order valence-electron chi connectivity index (χ4n) is 6.46. The van der Waals surface area contributed by atoms with E-state index in [4.69, 9.17) is 32.7 Å². The fourth-order valence-corrected chi connectivity index (χ4v) is 6.83. The number of halogens is 2. The molecule has 0 saturated carbocycles. The van der Waals surface area contributed by atoms with E-state index in [1.54, 1.807) is 13.2 Å². The van der Waals surface area contributed by atoms with Crippen molar-refractivity contribution in [1.82, 2.24) is 4.90 Å². The summed E-state index contributed by atoms with van der Waals surface area (Å²) >= 11 is 13.0. The zero-order valence-electron chi connectivity index (χ0n) is 23.9. The minimum Gasteiger partial charge on any atom is -0.489 e. The van der Waals surface area contributed by atoms with Gasteiger partial charge in [-0.1, -0.05) is 69.1 Å². The van der Waals surface area contributed by atoms with Crippen molar-refractivity contribution < 1.29 is 19.1 Å². The van der Waals surface area contributed by atoms with Crippen LogP contribution in [0.3, 0.4) is 0 Å². The Hall–Kier alpha value is -2.60. The number of carbonyl (C=O) groups excluding carboxylic acids is 2. The summed E-state index contributed by atoms with van der Waals surface area (Å²) in [5, 5.41) is 1.15. The second kappa shape index (κ2) is 11.0. The Balaban J connectivity index is 1.71. The Kier molecular flexibility index (Phi) is 7.95. The Morgan fingerprint density at radius 2 is 1.48 bits per heavy atom. The molecule has 40 heavy (non-hydrogen) atoms. The second-order valence-electron chi connectivity index (χ2n) is 12.7. The van der Waals surface area contributed by atoms with Gasteiger partial charge in [-0.2, -0.15) is 0 Å². The molecule has 0 N–H and O–H groups in total. The number of hydrogen-bond acceptors (Lipinski definition) is 5. The molecule has 0 aromatic heterocycles. The first-order valence-electron chi connectivity index (χ1n) is 13.9. The first-order chi connectivity index (χ1) is 18.9. The molecule has 0 radical (unpaired) electrons. The lowest BCUT2D eigenvalue weighted by Gasteiger charge is -2.49. The highest BCUT2D eigenvalue weighted by Gasteiger charge is 2.49. The SMILES string of the molecule is COCCN1C2=C(C(=O)CC(C)(C)C2)C(c2cc(Cl)ccc2OCc2ccccc2Cl)C2=C1CC(C)(C)CC2=O. The van der Waals surface area contributed by atoms with E-state index < -0.39 is 5.92 Å². The van der Waals surface area contributed by atoms with Crippen molar-refractivity contribution in [2.45, 2.75) is 65.9 Å². The third-order valence-corrected chi connectivity index (χ3v) is 8.77. The molecule has 1 aliphatic heterocycles. The van der Waals surface area contributed by atoms with Crippen molar-refractivity contribution in [2.75, 3.05) is 20.3 Å². The molecule has 5 rings (SSSR count). The highest BCUT2D eigenvalue weighted by molar-refractivity contribution is 6.31. The Morgan fingerprint density at radius 1 is 0.875 bits per heavy atom. The molecule has 2 aromatic carbocycles. The van der Waals surface area contributed by atoms with E-state index in [-0.39, 0.29) is 29.0 Å². The molecule has 2 aliphatic carbocycles. The first kappa shape index (κ1) is 28.9. The van der Waals surface area contributed by atoms with Crippen LogP contribution in [0.5, 0.6) is 5.75 Å². The molecule has 7 heteroatoms. The number of nitrogens with zero attached hydrogens (tertiary/aromatic N) is 1. The molecule has 0 amide bonds. The Labute approximate surface area is 247 Å². The number of ketones is 2. The maximum Gasteiger partial charge on any atom is 0.162 e. The van der Waals surface area contributed by atoms with Crippen molar-refractivity contribution in [3.8, 4) is 5.75 Å². The van der Waals surface area contributed by atoms with Crippen LogP contribution in [0.25, 0.3) is 0 Å². The standard InChI is InChI=1S/C33H37Cl2NO4/c1-32(2)15-24-30(26(37)17-32)29(31-25(36(24)12-13-39-5)16-33(3,4)18-27(31)38)22-14-21(34)10-11-28(22)40-19-20-8-6-7-9-23(20)35/h6-11,14,29H,12-13,15-19H2,1-5H3. The van der Waals surface area contributed by atoms with Gasteiger partial charge in [0.15, 0.2) is 11.6 Å². The number of carbonyl (C=O) groups is 2. The van der Waals surface area contributed by atoms with Crippen LogP contribution < -0.4 is 4.74 Å². The summed E-state index contributed by atoms with van der Waals surface area (Å²) < 4.78 is 11.9. The van der Waals surface area contributed by atoms with Gasteiger partial charge in [-0.3, -0.25) is 9.59 Å². The smallest absolute Gasteiger partial charge is 0.162 e. The fraction of sp³-hybridized carbons (Fsp3) is 0.455. The normalized spacial score (nSPS) is 20.5.